The Morgan fingerprint density at radius 1 is 1.53 bits per heavy atom. The number of non-ortho nitro benzene ring substituents is 1. The van der Waals surface area contributed by atoms with E-state index in [2.05, 4.69) is 10.6 Å². The van der Waals surface area contributed by atoms with Gasteiger partial charge in [-0.1, -0.05) is 0 Å². The highest BCUT2D eigenvalue weighted by Crippen LogP contribution is 2.19. The number of carbonyl (C=O) groups is 1. The Morgan fingerprint density at radius 3 is 2.95 bits per heavy atom. The lowest BCUT2D eigenvalue weighted by molar-refractivity contribution is -0.384. The highest BCUT2D eigenvalue weighted by Gasteiger charge is 2.19. The number of nitro groups is 1. The number of hydrogen-bond donors (Lipinski definition) is 3. The number of carbonyl (C=O) groups excluding carboxylic acids is 1. The summed E-state index contributed by atoms with van der Waals surface area (Å²) in [4.78, 5) is 22.2. The second kappa shape index (κ2) is 5.66. The van der Waals surface area contributed by atoms with Crippen LogP contribution in [0.25, 0.3) is 0 Å². The Hall–Kier alpha value is -2.15. The molecule has 1 fully saturated rings. The molecule has 102 valence electrons. The number of nitrogens with zero attached hydrogens (tertiary/aromatic N) is 1. The van der Waals surface area contributed by atoms with Crippen LogP contribution in [0.15, 0.2) is 18.2 Å². The average molecular weight is 264 g/mol. The van der Waals surface area contributed by atoms with E-state index in [1.54, 1.807) is 0 Å². The summed E-state index contributed by atoms with van der Waals surface area (Å²) in [5, 5.41) is 16.7. The predicted octanol–water partition coefficient (Wildman–Crippen LogP) is 0.659. The summed E-state index contributed by atoms with van der Waals surface area (Å²) >= 11 is 0. The molecule has 0 aromatic heterocycles. The van der Waals surface area contributed by atoms with E-state index < -0.39 is 4.92 Å². The third-order valence-corrected chi connectivity index (χ3v) is 3.12. The molecule has 1 aliphatic rings. The van der Waals surface area contributed by atoms with Gasteiger partial charge in [-0.05, 0) is 25.5 Å². The van der Waals surface area contributed by atoms with E-state index in [1.165, 1.54) is 18.2 Å². The second-order valence-electron chi connectivity index (χ2n) is 4.55. The van der Waals surface area contributed by atoms with Gasteiger partial charge in [-0.15, -0.1) is 0 Å². The van der Waals surface area contributed by atoms with Crippen LogP contribution in [0.2, 0.25) is 0 Å². The van der Waals surface area contributed by atoms with Crippen molar-refractivity contribution in [3.8, 4) is 0 Å². The van der Waals surface area contributed by atoms with E-state index in [-0.39, 0.29) is 28.9 Å². The van der Waals surface area contributed by atoms with Crippen LogP contribution in [0.5, 0.6) is 0 Å². The third-order valence-electron chi connectivity index (χ3n) is 3.12. The minimum absolute atomic E-state index is 0.0416. The standard InChI is InChI=1S/C12H16N4O3/c13-11-4-3-9(16(18)19)6-10(11)12(17)15-8-2-1-5-14-7-8/h3-4,6,8,14H,1-2,5,7,13H2,(H,15,17). The van der Waals surface area contributed by atoms with Crippen molar-refractivity contribution in [1.29, 1.82) is 0 Å². The topological polar surface area (TPSA) is 110 Å². The molecule has 19 heavy (non-hydrogen) atoms. The van der Waals surface area contributed by atoms with E-state index in [0.29, 0.717) is 6.54 Å². The summed E-state index contributed by atoms with van der Waals surface area (Å²) in [5.74, 6) is -0.366. The molecule has 7 heteroatoms. The van der Waals surface area contributed by atoms with Crippen molar-refractivity contribution in [3.05, 3.63) is 33.9 Å². The van der Waals surface area contributed by atoms with Gasteiger partial charge in [-0.25, -0.2) is 0 Å². The minimum Gasteiger partial charge on any atom is -0.398 e. The molecule has 0 spiro atoms. The first-order valence-corrected chi connectivity index (χ1v) is 6.13. The number of nitrogens with two attached hydrogens (primary N) is 1. The number of rotatable bonds is 3. The third kappa shape index (κ3) is 3.19. The number of nitro benzene ring substituents is 1. The van der Waals surface area contributed by atoms with Gasteiger partial charge >= 0.3 is 0 Å². The van der Waals surface area contributed by atoms with Crippen LogP contribution in [0.1, 0.15) is 23.2 Å². The van der Waals surface area contributed by atoms with E-state index in [9.17, 15) is 14.9 Å². The van der Waals surface area contributed by atoms with E-state index in [1.807, 2.05) is 0 Å². The van der Waals surface area contributed by atoms with Crippen LogP contribution in [0, 0.1) is 10.1 Å². The zero-order chi connectivity index (χ0) is 13.8. The summed E-state index contributed by atoms with van der Waals surface area (Å²) in [6, 6.07) is 3.92. The molecule has 7 nitrogen and oxygen atoms in total. The fraction of sp³-hybridized carbons (Fsp3) is 0.417. The first kappa shape index (κ1) is 13.3. The molecule has 1 aromatic carbocycles. The van der Waals surface area contributed by atoms with E-state index in [0.717, 1.165) is 19.4 Å². The maximum atomic E-state index is 12.1. The molecule has 1 amide bonds. The monoisotopic (exact) mass is 264 g/mol. The highest BCUT2D eigenvalue weighted by molar-refractivity contribution is 5.99. The largest absolute Gasteiger partial charge is 0.398 e. The number of anilines is 1. The van der Waals surface area contributed by atoms with Crippen LogP contribution in [0.3, 0.4) is 0 Å². The van der Waals surface area contributed by atoms with Gasteiger partial charge < -0.3 is 16.4 Å². The molecule has 1 aromatic rings. The zero-order valence-electron chi connectivity index (χ0n) is 10.4. The fourth-order valence-electron chi connectivity index (χ4n) is 2.09. The second-order valence-corrected chi connectivity index (χ2v) is 4.55. The molecular weight excluding hydrogens is 248 g/mol. The minimum atomic E-state index is -0.543. The van der Waals surface area contributed by atoms with Gasteiger partial charge in [-0.3, -0.25) is 14.9 Å². The van der Waals surface area contributed by atoms with Gasteiger partial charge in [0.2, 0.25) is 0 Å². The van der Waals surface area contributed by atoms with Crippen LogP contribution in [-0.4, -0.2) is 30.0 Å². The van der Waals surface area contributed by atoms with E-state index in [4.69, 9.17) is 5.73 Å². The Bertz CT molecular complexity index is 498. The maximum absolute atomic E-state index is 12.1. The van der Waals surface area contributed by atoms with Crippen LogP contribution < -0.4 is 16.4 Å². The van der Waals surface area contributed by atoms with Crippen molar-refractivity contribution >= 4 is 17.3 Å². The van der Waals surface area contributed by atoms with Crippen molar-refractivity contribution < 1.29 is 9.72 Å². The van der Waals surface area contributed by atoms with Gasteiger partial charge in [0, 0.05) is 30.4 Å². The number of nitrogen functional groups attached to an aromatic ring is 1. The molecule has 0 aliphatic carbocycles. The molecule has 0 radical (unpaired) electrons. The lowest BCUT2D eigenvalue weighted by Gasteiger charge is -2.24. The molecule has 0 bridgehead atoms. The van der Waals surface area contributed by atoms with Crippen molar-refractivity contribution in [3.63, 3.8) is 0 Å². The first-order valence-electron chi connectivity index (χ1n) is 6.13. The number of benzene rings is 1. The Labute approximate surface area is 110 Å². The Kier molecular flexibility index (Phi) is 3.96. The van der Waals surface area contributed by atoms with Crippen LogP contribution in [0.4, 0.5) is 11.4 Å². The molecule has 0 saturated carbocycles. The Balaban J connectivity index is 2.13. The SMILES string of the molecule is Nc1ccc([N+](=O)[O-])cc1C(=O)NC1CCCNC1. The number of amides is 1. The van der Waals surface area contributed by atoms with E-state index >= 15 is 0 Å². The smallest absolute Gasteiger partial charge is 0.270 e. The van der Waals surface area contributed by atoms with Crippen LogP contribution in [-0.2, 0) is 0 Å². The van der Waals surface area contributed by atoms with Gasteiger partial charge in [-0.2, -0.15) is 0 Å². The van der Waals surface area contributed by atoms with Crippen LogP contribution >= 0.6 is 0 Å². The van der Waals surface area contributed by atoms with Crippen molar-refractivity contribution in [2.45, 2.75) is 18.9 Å². The summed E-state index contributed by atoms with van der Waals surface area (Å²) < 4.78 is 0. The molecule has 1 atom stereocenters. The average Bonchev–Trinajstić information content (AvgIpc) is 2.40. The molecule has 4 N–H and O–H groups in total. The quantitative estimate of drug-likeness (QED) is 0.422. The van der Waals surface area contributed by atoms with Gasteiger partial charge in [0.1, 0.15) is 0 Å². The predicted molar refractivity (Wildman–Crippen MR) is 70.9 cm³/mol. The molecule has 2 rings (SSSR count). The summed E-state index contributed by atoms with van der Waals surface area (Å²) in [6.07, 6.45) is 1.89. The normalized spacial score (nSPS) is 18.8. The number of nitrogens with one attached hydrogen (secondary N) is 2. The molecule has 1 aliphatic heterocycles. The molecular formula is C12H16N4O3. The lowest BCUT2D eigenvalue weighted by atomic mass is 10.1. The summed E-state index contributed by atoms with van der Waals surface area (Å²) in [6.45, 7) is 1.66. The van der Waals surface area contributed by atoms with Gasteiger partial charge in [0.15, 0.2) is 0 Å². The maximum Gasteiger partial charge on any atom is 0.270 e. The number of hydrogen-bond acceptors (Lipinski definition) is 5. The molecule has 1 heterocycles. The Morgan fingerprint density at radius 2 is 2.32 bits per heavy atom. The molecule has 1 saturated heterocycles. The fourth-order valence-corrected chi connectivity index (χ4v) is 2.09. The van der Waals surface area contributed by atoms with Gasteiger partial charge in [0.05, 0.1) is 10.5 Å². The zero-order valence-corrected chi connectivity index (χ0v) is 10.4. The summed E-state index contributed by atoms with van der Waals surface area (Å²) in [7, 11) is 0. The van der Waals surface area contributed by atoms with Gasteiger partial charge in [0.25, 0.3) is 11.6 Å². The van der Waals surface area contributed by atoms with Crippen molar-refractivity contribution in [2.75, 3.05) is 18.8 Å². The highest BCUT2D eigenvalue weighted by atomic mass is 16.6. The lowest BCUT2D eigenvalue weighted by Crippen LogP contribution is -2.45. The summed E-state index contributed by atoms with van der Waals surface area (Å²) in [5.41, 5.74) is 5.95. The first-order chi connectivity index (χ1) is 9.08. The number of piperidine rings is 1. The van der Waals surface area contributed by atoms with Crippen molar-refractivity contribution in [2.24, 2.45) is 0 Å². The molecule has 1 unspecified atom stereocenters. The van der Waals surface area contributed by atoms with Crippen molar-refractivity contribution in [1.82, 2.24) is 10.6 Å².